The van der Waals surface area contributed by atoms with Gasteiger partial charge in [0.2, 0.25) is 0 Å². The smallest absolute Gasteiger partial charge is 0.267 e. The second-order valence-corrected chi connectivity index (χ2v) is 6.95. The van der Waals surface area contributed by atoms with Crippen molar-refractivity contribution in [3.8, 4) is 0 Å². The Bertz CT molecular complexity index is 784. The van der Waals surface area contributed by atoms with Crippen molar-refractivity contribution in [1.82, 2.24) is 13.9 Å². The molecule has 1 aliphatic rings. The number of hydrogen-bond donors (Lipinski definition) is 1. The van der Waals surface area contributed by atoms with E-state index in [1.54, 1.807) is 24.3 Å². The monoisotopic (exact) mass is 323 g/mol. The Balaban J connectivity index is 1.93. The normalized spacial score (nSPS) is 15.8. The zero-order valence-electron chi connectivity index (χ0n) is 11.2. The summed E-state index contributed by atoms with van der Waals surface area (Å²) < 4.78 is 30.2. The van der Waals surface area contributed by atoms with E-state index in [0.29, 0.717) is 11.4 Å². The van der Waals surface area contributed by atoms with Gasteiger partial charge >= 0.3 is 0 Å². The molecule has 0 amide bonds. The Hall–Kier alpha value is -2.00. The van der Waals surface area contributed by atoms with Gasteiger partial charge in [0.05, 0.1) is 12.2 Å². The summed E-state index contributed by atoms with van der Waals surface area (Å²) in [6.07, 6.45) is 1.33. The van der Waals surface area contributed by atoms with E-state index >= 15 is 0 Å². The molecule has 0 bridgehead atoms. The number of sulfonamides is 1. The molecule has 0 saturated carbocycles. The topological polar surface area (TPSA) is 87.6 Å². The first kappa shape index (κ1) is 14.0. The van der Waals surface area contributed by atoms with Crippen molar-refractivity contribution in [3.05, 3.63) is 30.0 Å². The number of hydrogen-bond acceptors (Lipinski definition) is 7. The molecule has 1 aliphatic heterocycles. The SMILES string of the molecule is CCNc1snnc1CN1C=Nc2ccccc2S1(=O)=O. The Kier molecular flexibility index (Phi) is 3.60. The molecule has 0 aliphatic carbocycles. The average Bonchev–Trinajstić information content (AvgIpc) is 2.90. The van der Waals surface area contributed by atoms with Gasteiger partial charge in [-0.3, -0.25) is 0 Å². The maximum absolute atomic E-state index is 12.6. The van der Waals surface area contributed by atoms with E-state index in [-0.39, 0.29) is 11.4 Å². The van der Waals surface area contributed by atoms with Crippen LogP contribution in [0.2, 0.25) is 0 Å². The molecule has 0 unspecified atom stereocenters. The number of nitrogens with one attached hydrogen (secondary N) is 1. The largest absolute Gasteiger partial charge is 0.374 e. The lowest BCUT2D eigenvalue weighted by atomic mass is 10.3. The first-order valence-corrected chi connectivity index (χ1v) is 8.54. The van der Waals surface area contributed by atoms with E-state index in [0.717, 1.165) is 11.5 Å². The molecule has 0 atom stereocenters. The van der Waals surface area contributed by atoms with Gasteiger partial charge in [-0.15, -0.1) is 5.10 Å². The molecular formula is C12H13N5O2S2. The van der Waals surface area contributed by atoms with Crippen molar-refractivity contribution in [3.63, 3.8) is 0 Å². The molecule has 1 N–H and O–H groups in total. The van der Waals surface area contributed by atoms with Crippen molar-refractivity contribution in [1.29, 1.82) is 0 Å². The van der Waals surface area contributed by atoms with Gasteiger partial charge in [-0.05, 0) is 19.1 Å². The van der Waals surface area contributed by atoms with E-state index < -0.39 is 10.0 Å². The highest BCUT2D eigenvalue weighted by Gasteiger charge is 2.29. The molecule has 2 heterocycles. The average molecular weight is 323 g/mol. The minimum atomic E-state index is -3.60. The minimum absolute atomic E-state index is 0.110. The van der Waals surface area contributed by atoms with Crippen LogP contribution >= 0.6 is 11.5 Å². The van der Waals surface area contributed by atoms with Gasteiger partial charge < -0.3 is 5.32 Å². The Morgan fingerprint density at radius 2 is 2.14 bits per heavy atom. The summed E-state index contributed by atoms with van der Waals surface area (Å²) in [6, 6.07) is 6.67. The van der Waals surface area contributed by atoms with Gasteiger partial charge in [-0.2, -0.15) is 0 Å². The number of fused-ring (bicyclic) bond motifs is 1. The third kappa shape index (κ3) is 2.49. The predicted molar refractivity (Wildman–Crippen MR) is 81.4 cm³/mol. The van der Waals surface area contributed by atoms with Crippen LogP contribution in [0.4, 0.5) is 10.7 Å². The van der Waals surface area contributed by atoms with E-state index in [4.69, 9.17) is 0 Å². The van der Waals surface area contributed by atoms with Crippen LogP contribution in [0, 0.1) is 0 Å². The van der Waals surface area contributed by atoms with Crippen LogP contribution in [0.1, 0.15) is 12.6 Å². The van der Waals surface area contributed by atoms with Gasteiger partial charge in [-0.1, -0.05) is 16.6 Å². The van der Waals surface area contributed by atoms with E-state index in [9.17, 15) is 8.42 Å². The molecule has 3 rings (SSSR count). The summed E-state index contributed by atoms with van der Waals surface area (Å²) in [6.45, 7) is 2.79. The third-order valence-corrected chi connectivity index (χ3v) is 5.44. The van der Waals surface area contributed by atoms with Gasteiger partial charge in [0, 0.05) is 18.1 Å². The summed E-state index contributed by atoms with van der Waals surface area (Å²) in [5.74, 6) is 0. The lowest BCUT2D eigenvalue weighted by Crippen LogP contribution is -2.31. The van der Waals surface area contributed by atoms with Crippen LogP contribution in [0.3, 0.4) is 0 Å². The number of aromatic nitrogens is 2. The number of aliphatic imine (C=N–C) groups is 1. The van der Waals surface area contributed by atoms with Crippen molar-refractivity contribution < 1.29 is 8.42 Å². The standard InChI is InChI=1S/C12H13N5O2S2/c1-2-13-12-10(15-16-20-12)7-17-8-14-9-5-3-4-6-11(9)21(17,18)19/h3-6,8,13H,2,7H2,1H3. The highest BCUT2D eigenvalue weighted by molar-refractivity contribution is 7.89. The fraction of sp³-hybridized carbons (Fsp3) is 0.250. The van der Waals surface area contributed by atoms with Crippen LogP contribution in [0.5, 0.6) is 0 Å². The van der Waals surface area contributed by atoms with Gasteiger partial charge in [0.1, 0.15) is 21.9 Å². The molecule has 1 aromatic heterocycles. The number of nitrogens with zero attached hydrogens (tertiary/aromatic N) is 4. The van der Waals surface area contributed by atoms with E-state index in [1.807, 2.05) is 6.92 Å². The predicted octanol–water partition coefficient (Wildman–Crippen LogP) is 1.83. The lowest BCUT2D eigenvalue weighted by molar-refractivity contribution is 0.518. The quantitative estimate of drug-likeness (QED) is 0.927. The minimum Gasteiger partial charge on any atom is -0.374 e. The molecule has 9 heteroatoms. The number of para-hydroxylation sites is 1. The first-order valence-electron chi connectivity index (χ1n) is 6.33. The van der Waals surface area contributed by atoms with Crippen LogP contribution in [0.15, 0.2) is 34.2 Å². The molecule has 21 heavy (non-hydrogen) atoms. The molecule has 7 nitrogen and oxygen atoms in total. The molecule has 2 aromatic rings. The molecule has 1 aromatic carbocycles. The highest BCUT2D eigenvalue weighted by Crippen LogP contribution is 2.31. The van der Waals surface area contributed by atoms with E-state index in [2.05, 4.69) is 19.9 Å². The van der Waals surface area contributed by atoms with Crippen molar-refractivity contribution in [2.24, 2.45) is 4.99 Å². The molecule has 110 valence electrons. The summed E-state index contributed by atoms with van der Waals surface area (Å²) in [5.41, 5.74) is 1.05. The summed E-state index contributed by atoms with van der Waals surface area (Å²) in [4.78, 5) is 4.39. The van der Waals surface area contributed by atoms with Crippen molar-refractivity contribution in [2.75, 3.05) is 11.9 Å². The van der Waals surface area contributed by atoms with Crippen molar-refractivity contribution in [2.45, 2.75) is 18.4 Å². The summed E-state index contributed by atoms with van der Waals surface area (Å²) in [5, 5.41) is 7.89. The van der Waals surface area contributed by atoms with Crippen molar-refractivity contribution >= 4 is 38.6 Å². The Morgan fingerprint density at radius 3 is 2.95 bits per heavy atom. The second-order valence-electron chi connectivity index (χ2n) is 4.34. The molecule has 0 fully saturated rings. The molecule has 0 radical (unpaired) electrons. The van der Waals surface area contributed by atoms with E-state index in [1.165, 1.54) is 22.2 Å². The fourth-order valence-corrected chi connectivity index (χ4v) is 3.97. The second kappa shape index (κ2) is 5.41. The third-order valence-electron chi connectivity index (χ3n) is 2.98. The molecule has 0 saturated heterocycles. The van der Waals surface area contributed by atoms with Gasteiger partial charge in [-0.25, -0.2) is 17.7 Å². The Morgan fingerprint density at radius 1 is 1.33 bits per heavy atom. The molecule has 0 spiro atoms. The summed E-state index contributed by atoms with van der Waals surface area (Å²) in [7, 11) is -3.60. The van der Waals surface area contributed by atoms with Crippen LogP contribution in [0.25, 0.3) is 0 Å². The Labute approximate surface area is 126 Å². The maximum atomic E-state index is 12.6. The van der Waals surface area contributed by atoms with Gasteiger partial charge in [0.15, 0.2) is 0 Å². The zero-order chi connectivity index (χ0) is 14.9. The number of rotatable bonds is 4. The van der Waals surface area contributed by atoms with Crippen LogP contribution in [-0.2, 0) is 16.6 Å². The number of benzene rings is 1. The highest BCUT2D eigenvalue weighted by atomic mass is 32.2. The first-order chi connectivity index (χ1) is 10.1. The fourth-order valence-electron chi connectivity index (χ4n) is 1.98. The molecular weight excluding hydrogens is 310 g/mol. The van der Waals surface area contributed by atoms with Crippen LogP contribution < -0.4 is 5.32 Å². The maximum Gasteiger partial charge on any atom is 0.267 e. The number of anilines is 1. The lowest BCUT2D eigenvalue weighted by Gasteiger charge is -2.23. The zero-order valence-corrected chi connectivity index (χ0v) is 12.9. The summed E-state index contributed by atoms with van der Waals surface area (Å²) >= 11 is 1.21. The van der Waals surface area contributed by atoms with Gasteiger partial charge in [0.25, 0.3) is 10.0 Å². The van der Waals surface area contributed by atoms with Crippen LogP contribution in [-0.4, -0.2) is 35.2 Å².